The van der Waals surface area contributed by atoms with Crippen molar-refractivity contribution >= 4 is 39.5 Å². The molecule has 0 spiro atoms. The van der Waals surface area contributed by atoms with Crippen molar-refractivity contribution in [1.29, 1.82) is 0 Å². The summed E-state index contributed by atoms with van der Waals surface area (Å²) < 4.78 is 0. The average molecular weight is 289 g/mol. The first-order valence-corrected chi connectivity index (χ1v) is 7.31. The largest absolute Gasteiger partial charge is 0.380 e. The first-order valence-electron chi connectivity index (χ1n) is 6.05. The van der Waals surface area contributed by atoms with Gasteiger partial charge in [0.15, 0.2) is 0 Å². The van der Waals surface area contributed by atoms with Crippen LogP contribution in [0.2, 0.25) is 5.02 Å². The fourth-order valence-corrected chi connectivity index (χ4v) is 3.11. The van der Waals surface area contributed by atoms with E-state index in [9.17, 15) is 0 Å². The number of hydrogen-bond donors (Lipinski definition) is 1. The Bertz CT molecular complexity index is 721. The second kappa shape index (κ2) is 5.19. The highest BCUT2D eigenvalue weighted by molar-refractivity contribution is 7.10. The Labute approximate surface area is 121 Å². The van der Waals surface area contributed by atoms with Gasteiger partial charge in [-0.05, 0) is 36.8 Å². The minimum absolute atomic E-state index is 0.782. The van der Waals surface area contributed by atoms with Gasteiger partial charge in [-0.2, -0.15) is 0 Å². The van der Waals surface area contributed by atoms with E-state index in [2.05, 4.69) is 35.4 Å². The molecular formula is C15H13ClN2S. The summed E-state index contributed by atoms with van der Waals surface area (Å²) in [6.07, 6.45) is 1.83. The lowest BCUT2D eigenvalue weighted by molar-refractivity contribution is 1.20. The number of pyridine rings is 1. The van der Waals surface area contributed by atoms with Gasteiger partial charge in [0.25, 0.3) is 0 Å². The molecule has 0 saturated carbocycles. The minimum Gasteiger partial charge on any atom is -0.380 e. The van der Waals surface area contributed by atoms with Gasteiger partial charge in [0, 0.05) is 34.1 Å². The third kappa shape index (κ3) is 2.57. The fraction of sp³-hybridized carbons (Fsp3) is 0.133. The van der Waals surface area contributed by atoms with Gasteiger partial charge in [0.05, 0.1) is 10.5 Å². The minimum atomic E-state index is 0.782. The molecule has 2 heterocycles. The van der Waals surface area contributed by atoms with Crippen LogP contribution in [0.5, 0.6) is 0 Å². The van der Waals surface area contributed by atoms with E-state index in [1.807, 2.05) is 23.7 Å². The molecular weight excluding hydrogens is 276 g/mol. The topological polar surface area (TPSA) is 24.9 Å². The van der Waals surface area contributed by atoms with Crippen LogP contribution in [0.4, 0.5) is 5.69 Å². The molecule has 2 nitrogen and oxygen atoms in total. The summed E-state index contributed by atoms with van der Waals surface area (Å²) in [5, 5.41) is 7.37. The van der Waals surface area contributed by atoms with Crippen molar-refractivity contribution in [2.24, 2.45) is 0 Å². The van der Waals surface area contributed by atoms with Gasteiger partial charge in [-0.25, -0.2) is 0 Å². The highest BCUT2D eigenvalue weighted by Crippen LogP contribution is 2.26. The van der Waals surface area contributed by atoms with E-state index >= 15 is 0 Å². The van der Waals surface area contributed by atoms with Crippen LogP contribution in [-0.2, 0) is 6.54 Å². The molecule has 0 amide bonds. The molecule has 4 heteroatoms. The summed E-state index contributed by atoms with van der Waals surface area (Å²) in [7, 11) is 0. The van der Waals surface area contributed by atoms with E-state index in [4.69, 9.17) is 11.6 Å². The number of benzene rings is 1. The van der Waals surface area contributed by atoms with E-state index in [0.717, 1.165) is 28.2 Å². The van der Waals surface area contributed by atoms with Gasteiger partial charge in [-0.3, -0.25) is 4.98 Å². The van der Waals surface area contributed by atoms with Crippen LogP contribution in [0.15, 0.2) is 41.9 Å². The van der Waals surface area contributed by atoms with Crippen LogP contribution in [-0.4, -0.2) is 4.98 Å². The molecule has 3 rings (SSSR count). The Kier molecular flexibility index (Phi) is 3.40. The van der Waals surface area contributed by atoms with Crippen molar-refractivity contribution < 1.29 is 0 Å². The van der Waals surface area contributed by atoms with E-state index < -0.39 is 0 Å². The zero-order valence-corrected chi connectivity index (χ0v) is 12.1. The van der Waals surface area contributed by atoms with Gasteiger partial charge in [-0.1, -0.05) is 17.7 Å². The quantitative estimate of drug-likeness (QED) is 0.744. The smallest absolute Gasteiger partial charge is 0.0751 e. The number of fused-ring (bicyclic) bond motifs is 1. The van der Waals surface area contributed by atoms with Gasteiger partial charge >= 0.3 is 0 Å². The zero-order chi connectivity index (χ0) is 13.2. The number of hydrogen-bond acceptors (Lipinski definition) is 3. The molecule has 96 valence electrons. The maximum atomic E-state index is 5.93. The highest BCUT2D eigenvalue weighted by Gasteiger charge is 2.04. The molecule has 0 radical (unpaired) electrons. The lowest BCUT2D eigenvalue weighted by Crippen LogP contribution is -1.99. The number of nitrogens with one attached hydrogen (secondary N) is 1. The molecule has 1 N–H and O–H groups in total. The monoisotopic (exact) mass is 288 g/mol. The van der Waals surface area contributed by atoms with Gasteiger partial charge in [0.1, 0.15) is 0 Å². The third-order valence-corrected chi connectivity index (χ3v) is 4.33. The van der Waals surface area contributed by atoms with Gasteiger partial charge < -0.3 is 5.32 Å². The maximum absolute atomic E-state index is 5.93. The third-order valence-electron chi connectivity index (χ3n) is 3.05. The Balaban J connectivity index is 1.91. The number of halogens is 1. The first kappa shape index (κ1) is 12.5. The number of aryl methyl sites for hydroxylation is 1. The standard InChI is InChI=1S/C15H13ClN2S/c1-10-4-5-14(13-3-2-6-17-15(10)13)18-8-12-7-11(16)9-19-12/h2-7,9,18H,8H2,1H3. The number of anilines is 1. The maximum Gasteiger partial charge on any atom is 0.0751 e. The van der Waals surface area contributed by atoms with E-state index in [-0.39, 0.29) is 0 Å². The molecule has 3 aromatic rings. The molecule has 0 aliphatic rings. The Morgan fingerprint density at radius 1 is 1.32 bits per heavy atom. The first-order chi connectivity index (χ1) is 9.24. The SMILES string of the molecule is Cc1ccc(NCc2cc(Cl)cs2)c2cccnc12. The van der Waals surface area contributed by atoms with Gasteiger partial charge in [0.2, 0.25) is 0 Å². The molecule has 0 aliphatic carbocycles. The average Bonchev–Trinajstić information content (AvgIpc) is 2.84. The van der Waals surface area contributed by atoms with Crippen LogP contribution in [0, 0.1) is 6.92 Å². The summed E-state index contributed by atoms with van der Waals surface area (Å²) in [5.74, 6) is 0. The summed E-state index contributed by atoms with van der Waals surface area (Å²) >= 11 is 7.60. The summed E-state index contributed by atoms with van der Waals surface area (Å²) in [4.78, 5) is 5.67. The lowest BCUT2D eigenvalue weighted by Gasteiger charge is -2.10. The van der Waals surface area contributed by atoms with Crippen molar-refractivity contribution in [2.75, 3.05) is 5.32 Å². The molecule has 0 bridgehead atoms. The molecule has 0 atom stereocenters. The predicted molar refractivity (Wildman–Crippen MR) is 83.1 cm³/mol. The summed E-state index contributed by atoms with van der Waals surface area (Å²) in [6, 6.07) is 10.3. The van der Waals surface area contributed by atoms with Crippen molar-refractivity contribution in [3.8, 4) is 0 Å². The molecule has 0 aliphatic heterocycles. The molecule has 2 aromatic heterocycles. The van der Waals surface area contributed by atoms with Crippen molar-refractivity contribution in [3.63, 3.8) is 0 Å². The van der Waals surface area contributed by atoms with E-state index in [0.29, 0.717) is 0 Å². The molecule has 1 aromatic carbocycles. The number of nitrogens with zero attached hydrogens (tertiary/aromatic N) is 1. The fourth-order valence-electron chi connectivity index (χ4n) is 2.10. The normalized spacial score (nSPS) is 10.8. The van der Waals surface area contributed by atoms with Crippen LogP contribution < -0.4 is 5.32 Å². The van der Waals surface area contributed by atoms with E-state index in [1.165, 1.54) is 10.4 Å². The number of thiophene rings is 1. The van der Waals surface area contributed by atoms with Crippen molar-refractivity contribution in [2.45, 2.75) is 13.5 Å². The van der Waals surface area contributed by atoms with Crippen molar-refractivity contribution in [1.82, 2.24) is 4.98 Å². The Hall–Kier alpha value is -1.58. The summed E-state index contributed by atoms with van der Waals surface area (Å²) in [6.45, 7) is 2.86. The lowest BCUT2D eigenvalue weighted by atomic mass is 10.1. The van der Waals surface area contributed by atoms with Crippen molar-refractivity contribution in [3.05, 3.63) is 57.4 Å². The summed E-state index contributed by atoms with van der Waals surface area (Å²) in [5.41, 5.74) is 3.36. The van der Waals surface area contributed by atoms with Gasteiger partial charge in [-0.15, -0.1) is 11.3 Å². The van der Waals surface area contributed by atoms with Crippen LogP contribution >= 0.6 is 22.9 Å². The molecule has 19 heavy (non-hydrogen) atoms. The Morgan fingerprint density at radius 2 is 2.21 bits per heavy atom. The number of aromatic nitrogens is 1. The molecule has 0 saturated heterocycles. The van der Waals surface area contributed by atoms with Crippen LogP contribution in [0.25, 0.3) is 10.9 Å². The highest BCUT2D eigenvalue weighted by atomic mass is 35.5. The molecule has 0 unspecified atom stereocenters. The van der Waals surface area contributed by atoms with Crippen LogP contribution in [0.1, 0.15) is 10.4 Å². The second-order valence-electron chi connectivity index (χ2n) is 4.41. The zero-order valence-electron chi connectivity index (χ0n) is 10.5. The molecule has 0 fully saturated rings. The number of rotatable bonds is 3. The van der Waals surface area contributed by atoms with Crippen LogP contribution in [0.3, 0.4) is 0 Å². The van der Waals surface area contributed by atoms with E-state index in [1.54, 1.807) is 11.3 Å². The Morgan fingerprint density at radius 3 is 3.00 bits per heavy atom. The second-order valence-corrected chi connectivity index (χ2v) is 5.85. The predicted octanol–water partition coefficient (Wildman–Crippen LogP) is 4.87.